The molecule has 2 aromatic carbocycles. The number of carbonyl (C=O) groups is 2. The van der Waals surface area contributed by atoms with Gasteiger partial charge in [-0.1, -0.05) is 41.5 Å². The average molecular weight is 553 g/mol. The first-order valence-corrected chi connectivity index (χ1v) is 15.4. The van der Waals surface area contributed by atoms with Crippen LogP contribution < -0.4 is 9.47 Å². The molecule has 0 fully saturated rings. The number of ketones is 2. The minimum absolute atomic E-state index is 0.139. The fraction of sp³-hybridized carbons (Fsp3) is 0.588. The summed E-state index contributed by atoms with van der Waals surface area (Å²) in [5.74, 6) is 1.49. The second-order valence-corrected chi connectivity index (χ2v) is 10.4. The van der Waals surface area contributed by atoms with Gasteiger partial charge in [-0.15, -0.1) is 0 Å². The lowest BCUT2D eigenvalue weighted by atomic mass is 9.86. The third-order valence-corrected chi connectivity index (χ3v) is 7.57. The third kappa shape index (κ3) is 10.7. The topological polar surface area (TPSA) is 59.1 Å². The highest BCUT2D eigenvalue weighted by atomic mass is 16.5. The van der Waals surface area contributed by atoms with Gasteiger partial charge in [0, 0.05) is 36.1 Å². The molecule has 6 heteroatoms. The molecule has 0 amide bonds. The Morgan fingerprint density at radius 1 is 0.575 bits per heavy atom. The molecule has 0 aliphatic carbocycles. The van der Waals surface area contributed by atoms with Crippen LogP contribution in [0, 0.1) is 11.8 Å². The molecule has 0 radical (unpaired) electrons. The van der Waals surface area contributed by atoms with Crippen LogP contribution >= 0.6 is 0 Å². The van der Waals surface area contributed by atoms with Crippen molar-refractivity contribution in [2.45, 2.75) is 67.2 Å². The van der Waals surface area contributed by atoms with Crippen molar-refractivity contribution in [3.05, 3.63) is 59.7 Å². The number of ether oxygens (including phenoxy) is 2. The Morgan fingerprint density at radius 2 is 0.900 bits per heavy atom. The maximum absolute atomic E-state index is 13.8. The van der Waals surface area contributed by atoms with E-state index in [0.717, 1.165) is 50.5 Å². The molecule has 6 nitrogen and oxygen atoms in total. The van der Waals surface area contributed by atoms with Gasteiger partial charge in [-0.2, -0.15) is 0 Å². The summed E-state index contributed by atoms with van der Waals surface area (Å²) in [5.41, 5.74) is 1.41. The zero-order valence-corrected chi connectivity index (χ0v) is 25.8. The highest BCUT2D eigenvalue weighted by Gasteiger charge is 2.27. The number of hydrogen-bond acceptors (Lipinski definition) is 6. The summed E-state index contributed by atoms with van der Waals surface area (Å²) in [7, 11) is 0. The van der Waals surface area contributed by atoms with Crippen LogP contribution in [0.3, 0.4) is 0 Å². The Kier molecular flexibility index (Phi) is 15.6. The van der Waals surface area contributed by atoms with E-state index in [-0.39, 0.29) is 23.4 Å². The van der Waals surface area contributed by atoms with E-state index in [4.69, 9.17) is 9.47 Å². The van der Waals surface area contributed by atoms with Crippen LogP contribution in [0.25, 0.3) is 0 Å². The lowest BCUT2D eigenvalue weighted by Crippen LogP contribution is -2.36. The van der Waals surface area contributed by atoms with Crippen LogP contribution in [0.4, 0.5) is 0 Å². The number of carbonyl (C=O) groups excluding carboxylic acids is 2. The van der Waals surface area contributed by atoms with E-state index in [1.807, 2.05) is 48.5 Å². The summed E-state index contributed by atoms with van der Waals surface area (Å²) >= 11 is 0. The van der Waals surface area contributed by atoms with Crippen molar-refractivity contribution in [1.29, 1.82) is 0 Å². The third-order valence-electron chi connectivity index (χ3n) is 7.57. The van der Waals surface area contributed by atoms with E-state index >= 15 is 0 Å². The molecule has 0 aromatic heterocycles. The van der Waals surface area contributed by atoms with Crippen molar-refractivity contribution < 1.29 is 19.1 Å². The highest BCUT2D eigenvalue weighted by molar-refractivity contribution is 5.99. The molecule has 0 spiro atoms. The van der Waals surface area contributed by atoms with Crippen molar-refractivity contribution in [3.8, 4) is 11.5 Å². The van der Waals surface area contributed by atoms with Gasteiger partial charge in [0.05, 0.1) is 13.2 Å². The molecule has 0 aliphatic heterocycles. The standard InChI is InChI=1S/C34H52N2O4/c1-7-23-39-31-19-15-27(16-20-31)33(37)29(25-35(9-3)10-4)13-14-30(26-36(11-5)12-6)34(38)28-17-21-32(22-18-28)40-24-8-2/h15-22,29-30H,7-14,23-26H2,1-6H3. The molecule has 0 heterocycles. The average Bonchev–Trinajstić information content (AvgIpc) is 3.00. The molecule has 2 aromatic rings. The molecule has 2 rings (SSSR count). The fourth-order valence-corrected chi connectivity index (χ4v) is 4.94. The van der Waals surface area contributed by atoms with Gasteiger partial charge in [-0.25, -0.2) is 0 Å². The van der Waals surface area contributed by atoms with Crippen molar-refractivity contribution in [3.63, 3.8) is 0 Å². The van der Waals surface area contributed by atoms with E-state index in [9.17, 15) is 9.59 Å². The van der Waals surface area contributed by atoms with Crippen molar-refractivity contribution in [1.82, 2.24) is 9.80 Å². The first kappa shape index (κ1) is 33.5. The first-order chi connectivity index (χ1) is 19.4. The zero-order chi connectivity index (χ0) is 29.3. The predicted octanol–water partition coefficient (Wildman–Crippen LogP) is 7.03. The van der Waals surface area contributed by atoms with Crippen LogP contribution in [-0.2, 0) is 0 Å². The highest BCUT2D eigenvalue weighted by Crippen LogP contribution is 2.25. The number of rotatable bonds is 21. The maximum atomic E-state index is 13.8. The van der Waals surface area contributed by atoms with E-state index in [1.165, 1.54) is 0 Å². The van der Waals surface area contributed by atoms with Gasteiger partial charge in [0.1, 0.15) is 11.5 Å². The SMILES string of the molecule is CCCOc1ccc(C(=O)C(CCC(CN(CC)CC)C(=O)c2ccc(OCCC)cc2)CN(CC)CC)cc1. The number of hydrogen-bond donors (Lipinski definition) is 0. The minimum Gasteiger partial charge on any atom is -0.494 e. The van der Waals surface area contributed by atoms with Crippen molar-refractivity contribution in [2.75, 3.05) is 52.5 Å². The van der Waals surface area contributed by atoms with Gasteiger partial charge in [-0.3, -0.25) is 9.59 Å². The number of Topliss-reactive ketones (excluding diaryl/α,β-unsaturated/α-hetero) is 2. The molecule has 2 unspecified atom stereocenters. The first-order valence-electron chi connectivity index (χ1n) is 15.4. The maximum Gasteiger partial charge on any atom is 0.167 e. The van der Waals surface area contributed by atoms with Gasteiger partial charge >= 0.3 is 0 Å². The molecular formula is C34H52N2O4. The Morgan fingerprint density at radius 3 is 1.18 bits per heavy atom. The van der Waals surface area contributed by atoms with Crippen molar-refractivity contribution >= 4 is 11.6 Å². The van der Waals surface area contributed by atoms with Crippen LogP contribution in [0.1, 0.15) is 87.9 Å². The summed E-state index contributed by atoms with van der Waals surface area (Å²) < 4.78 is 11.4. The molecule has 0 bridgehead atoms. The van der Waals surface area contributed by atoms with Crippen molar-refractivity contribution in [2.24, 2.45) is 11.8 Å². The van der Waals surface area contributed by atoms with E-state index in [0.29, 0.717) is 50.3 Å². The van der Waals surface area contributed by atoms with Gasteiger partial charge < -0.3 is 19.3 Å². The number of nitrogens with zero attached hydrogens (tertiary/aromatic N) is 2. The lowest BCUT2D eigenvalue weighted by Gasteiger charge is -2.28. The molecule has 40 heavy (non-hydrogen) atoms. The second-order valence-electron chi connectivity index (χ2n) is 10.4. The van der Waals surface area contributed by atoms with Gasteiger partial charge in [0.25, 0.3) is 0 Å². The smallest absolute Gasteiger partial charge is 0.167 e. The normalized spacial score (nSPS) is 12.9. The van der Waals surface area contributed by atoms with Gasteiger partial charge in [-0.05, 0) is 100 Å². The van der Waals surface area contributed by atoms with Crippen LogP contribution in [0.2, 0.25) is 0 Å². The van der Waals surface area contributed by atoms with E-state index < -0.39 is 0 Å². The Balaban J connectivity index is 2.25. The number of benzene rings is 2. The van der Waals surface area contributed by atoms with Gasteiger partial charge in [0.15, 0.2) is 11.6 Å². The molecule has 0 saturated heterocycles. The minimum atomic E-state index is -0.181. The largest absolute Gasteiger partial charge is 0.494 e. The summed E-state index contributed by atoms with van der Waals surface area (Å²) in [6.07, 6.45) is 3.21. The van der Waals surface area contributed by atoms with Crippen LogP contribution in [0.5, 0.6) is 11.5 Å². The van der Waals surface area contributed by atoms with E-state index in [1.54, 1.807) is 0 Å². The summed E-state index contributed by atoms with van der Waals surface area (Å²) in [6, 6.07) is 15.1. The zero-order valence-electron chi connectivity index (χ0n) is 25.8. The monoisotopic (exact) mass is 552 g/mol. The predicted molar refractivity (Wildman–Crippen MR) is 165 cm³/mol. The van der Waals surface area contributed by atoms with Crippen LogP contribution in [-0.4, -0.2) is 73.8 Å². The van der Waals surface area contributed by atoms with Gasteiger partial charge in [0.2, 0.25) is 0 Å². The molecule has 2 atom stereocenters. The fourth-order valence-electron chi connectivity index (χ4n) is 4.94. The summed E-state index contributed by atoms with van der Waals surface area (Å²) in [4.78, 5) is 32.1. The molecular weight excluding hydrogens is 500 g/mol. The molecule has 222 valence electrons. The lowest BCUT2D eigenvalue weighted by molar-refractivity contribution is 0.0815. The Bertz CT molecular complexity index is 901. The quantitative estimate of drug-likeness (QED) is 0.155. The summed E-state index contributed by atoms with van der Waals surface area (Å²) in [6.45, 7) is 18.9. The second kappa shape index (κ2) is 18.6. The Labute approximate surface area is 243 Å². The molecule has 0 aliphatic rings. The van der Waals surface area contributed by atoms with E-state index in [2.05, 4.69) is 51.3 Å². The van der Waals surface area contributed by atoms with Crippen LogP contribution in [0.15, 0.2) is 48.5 Å². The molecule has 0 saturated carbocycles. The summed E-state index contributed by atoms with van der Waals surface area (Å²) in [5, 5.41) is 0. The molecule has 0 N–H and O–H groups in total. The Hall–Kier alpha value is -2.70.